The standard InChI is InChI=1S/C36H38FN3O4S/c1-27-11-10-14-29(23-27)25-39(34(24-28-12-4-2-5-13-28)36(42)38-31-15-8-9-16-31)35(41)26-40(32-21-19-30(37)20-22-32)45(43,44)33-17-6-3-7-18-33/h2-7,10-14,17-23,31,34H,8-9,15-16,24-26H2,1H3,(H,38,42)/t34-/m1/s1. The molecular weight excluding hydrogens is 589 g/mol. The molecule has 1 fully saturated rings. The second-order valence-electron chi connectivity index (χ2n) is 11.5. The molecule has 0 aromatic heterocycles. The molecule has 5 rings (SSSR count). The molecule has 7 nitrogen and oxygen atoms in total. The molecule has 0 radical (unpaired) electrons. The van der Waals surface area contributed by atoms with Crippen LogP contribution >= 0.6 is 0 Å². The summed E-state index contributed by atoms with van der Waals surface area (Å²) < 4.78 is 42.9. The summed E-state index contributed by atoms with van der Waals surface area (Å²) >= 11 is 0. The third kappa shape index (κ3) is 8.16. The van der Waals surface area contributed by atoms with Crippen molar-refractivity contribution >= 4 is 27.5 Å². The Hall–Kier alpha value is -4.50. The number of aryl methyl sites for hydroxylation is 1. The third-order valence-corrected chi connectivity index (χ3v) is 9.92. The van der Waals surface area contributed by atoms with Gasteiger partial charge >= 0.3 is 0 Å². The van der Waals surface area contributed by atoms with E-state index in [1.807, 2.05) is 61.5 Å². The average Bonchev–Trinajstić information content (AvgIpc) is 3.56. The first-order valence-electron chi connectivity index (χ1n) is 15.2. The van der Waals surface area contributed by atoms with Crippen molar-refractivity contribution in [2.75, 3.05) is 10.8 Å². The molecule has 0 unspecified atom stereocenters. The van der Waals surface area contributed by atoms with E-state index < -0.39 is 34.3 Å². The van der Waals surface area contributed by atoms with Gasteiger partial charge in [-0.05, 0) is 67.3 Å². The lowest BCUT2D eigenvalue weighted by Gasteiger charge is -2.34. The van der Waals surface area contributed by atoms with Gasteiger partial charge < -0.3 is 10.2 Å². The Morgan fingerprint density at radius 2 is 1.47 bits per heavy atom. The second kappa shape index (κ2) is 14.5. The maximum atomic E-state index is 14.5. The van der Waals surface area contributed by atoms with Crippen LogP contribution in [0.4, 0.5) is 10.1 Å². The monoisotopic (exact) mass is 627 g/mol. The van der Waals surface area contributed by atoms with E-state index in [0.29, 0.717) is 0 Å². The van der Waals surface area contributed by atoms with Crippen LogP contribution in [0.1, 0.15) is 42.4 Å². The summed E-state index contributed by atoms with van der Waals surface area (Å²) in [7, 11) is -4.24. The molecule has 4 aromatic rings. The maximum Gasteiger partial charge on any atom is 0.264 e. The first-order chi connectivity index (χ1) is 21.7. The molecule has 4 aromatic carbocycles. The van der Waals surface area contributed by atoms with Crippen molar-refractivity contribution in [1.82, 2.24) is 10.2 Å². The zero-order chi connectivity index (χ0) is 31.8. The Labute approximate surface area is 264 Å². The van der Waals surface area contributed by atoms with Crippen molar-refractivity contribution in [2.45, 2.75) is 62.6 Å². The summed E-state index contributed by atoms with van der Waals surface area (Å²) in [4.78, 5) is 30.0. The maximum absolute atomic E-state index is 14.5. The first-order valence-corrected chi connectivity index (χ1v) is 16.7. The number of sulfonamides is 1. The SMILES string of the molecule is Cc1cccc(CN(C(=O)CN(c2ccc(F)cc2)S(=O)(=O)c2ccccc2)[C@H](Cc2ccccc2)C(=O)NC2CCCC2)c1. The minimum Gasteiger partial charge on any atom is -0.352 e. The van der Waals surface area contributed by atoms with E-state index in [1.165, 1.54) is 29.2 Å². The fourth-order valence-corrected chi connectivity index (χ4v) is 7.22. The molecule has 0 aliphatic heterocycles. The molecular formula is C36H38FN3O4S. The number of rotatable bonds is 12. The first kappa shape index (κ1) is 31.9. The van der Waals surface area contributed by atoms with Gasteiger partial charge in [-0.3, -0.25) is 13.9 Å². The number of amides is 2. The van der Waals surface area contributed by atoms with Crippen molar-refractivity contribution in [3.05, 3.63) is 132 Å². The Morgan fingerprint density at radius 3 is 2.11 bits per heavy atom. The predicted molar refractivity (Wildman–Crippen MR) is 173 cm³/mol. The molecule has 1 saturated carbocycles. The predicted octanol–water partition coefficient (Wildman–Crippen LogP) is 6.03. The number of hydrogen-bond donors (Lipinski definition) is 1. The molecule has 1 atom stereocenters. The van der Waals surface area contributed by atoms with Crippen LogP contribution in [0, 0.1) is 12.7 Å². The van der Waals surface area contributed by atoms with Gasteiger partial charge in [0.15, 0.2) is 0 Å². The van der Waals surface area contributed by atoms with Crippen molar-refractivity contribution in [2.24, 2.45) is 0 Å². The Kier molecular flexibility index (Phi) is 10.3. The van der Waals surface area contributed by atoms with E-state index in [1.54, 1.807) is 18.2 Å². The topological polar surface area (TPSA) is 86.8 Å². The van der Waals surface area contributed by atoms with Crippen LogP contribution in [0.25, 0.3) is 0 Å². The van der Waals surface area contributed by atoms with Crippen molar-refractivity contribution < 1.29 is 22.4 Å². The lowest BCUT2D eigenvalue weighted by molar-refractivity contribution is -0.140. The zero-order valence-electron chi connectivity index (χ0n) is 25.3. The molecule has 0 saturated heterocycles. The molecule has 0 spiro atoms. The van der Waals surface area contributed by atoms with Crippen LogP contribution in [-0.2, 0) is 32.6 Å². The lowest BCUT2D eigenvalue weighted by Crippen LogP contribution is -2.54. The summed E-state index contributed by atoms with van der Waals surface area (Å²) in [5.74, 6) is -1.36. The molecule has 234 valence electrons. The van der Waals surface area contributed by atoms with E-state index in [9.17, 15) is 22.4 Å². The lowest BCUT2D eigenvalue weighted by atomic mass is 10.0. The van der Waals surface area contributed by atoms with E-state index in [0.717, 1.165) is 58.8 Å². The number of carbonyl (C=O) groups excluding carboxylic acids is 2. The fraction of sp³-hybridized carbons (Fsp3) is 0.278. The van der Waals surface area contributed by atoms with Crippen LogP contribution < -0.4 is 9.62 Å². The van der Waals surface area contributed by atoms with Crippen LogP contribution in [0.15, 0.2) is 114 Å². The molecule has 1 aliphatic rings. The quantitative estimate of drug-likeness (QED) is 0.208. The second-order valence-corrected chi connectivity index (χ2v) is 13.4. The van der Waals surface area contributed by atoms with Gasteiger partial charge in [-0.25, -0.2) is 12.8 Å². The molecule has 0 bridgehead atoms. The minimum absolute atomic E-state index is 0.00725. The summed E-state index contributed by atoms with van der Waals surface area (Å²) in [5, 5.41) is 3.17. The average molecular weight is 628 g/mol. The van der Waals surface area contributed by atoms with Crippen LogP contribution in [0.3, 0.4) is 0 Å². The van der Waals surface area contributed by atoms with Gasteiger partial charge in [0.1, 0.15) is 18.4 Å². The number of nitrogens with zero attached hydrogens (tertiary/aromatic N) is 2. The highest BCUT2D eigenvalue weighted by atomic mass is 32.2. The zero-order valence-corrected chi connectivity index (χ0v) is 26.1. The number of carbonyl (C=O) groups is 2. The van der Waals surface area contributed by atoms with Gasteiger partial charge in [0, 0.05) is 19.0 Å². The molecule has 1 N–H and O–H groups in total. The number of halogens is 1. The smallest absolute Gasteiger partial charge is 0.264 e. The van der Waals surface area contributed by atoms with Crippen molar-refractivity contribution in [1.29, 1.82) is 0 Å². The number of nitrogens with one attached hydrogen (secondary N) is 1. The molecule has 9 heteroatoms. The largest absolute Gasteiger partial charge is 0.352 e. The van der Waals surface area contributed by atoms with Gasteiger partial charge in [-0.1, -0.05) is 91.2 Å². The Bertz CT molecular complexity index is 1690. The van der Waals surface area contributed by atoms with E-state index in [-0.39, 0.29) is 35.5 Å². The Balaban J connectivity index is 1.56. The van der Waals surface area contributed by atoms with E-state index in [4.69, 9.17) is 0 Å². The highest BCUT2D eigenvalue weighted by Gasteiger charge is 2.35. The summed E-state index contributed by atoms with van der Waals surface area (Å²) in [5.41, 5.74) is 2.82. The van der Waals surface area contributed by atoms with Gasteiger partial charge in [0.2, 0.25) is 11.8 Å². The number of anilines is 1. The molecule has 2 amide bonds. The minimum atomic E-state index is -4.24. The van der Waals surface area contributed by atoms with Gasteiger partial charge in [0.25, 0.3) is 10.0 Å². The Morgan fingerprint density at radius 1 is 0.844 bits per heavy atom. The fourth-order valence-electron chi connectivity index (χ4n) is 5.78. The van der Waals surface area contributed by atoms with Gasteiger partial charge in [0.05, 0.1) is 10.6 Å². The summed E-state index contributed by atoms with van der Waals surface area (Å²) in [6, 6.07) is 29.1. The van der Waals surface area contributed by atoms with Crippen molar-refractivity contribution in [3.63, 3.8) is 0 Å². The third-order valence-electron chi connectivity index (χ3n) is 8.13. The van der Waals surface area contributed by atoms with E-state index in [2.05, 4.69) is 5.32 Å². The molecule has 0 heterocycles. The van der Waals surface area contributed by atoms with Gasteiger partial charge in [-0.2, -0.15) is 0 Å². The van der Waals surface area contributed by atoms with Crippen LogP contribution in [-0.4, -0.2) is 43.8 Å². The highest BCUT2D eigenvalue weighted by molar-refractivity contribution is 7.92. The summed E-state index contributed by atoms with van der Waals surface area (Å²) in [6.07, 6.45) is 4.07. The van der Waals surface area contributed by atoms with Crippen LogP contribution in [0.5, 0.6) is 0 Å². The number of hydrogen-bond acceptors (Lipinski definition) is 4. The molecule has 1 aliphatic carbocycles. The normalized spacial score (nSPS) is 14.1. The van der Waals surface area contributed by atoms with Gasteiger partial charge in [-0.15, -0.1) is 0 Å². The van der Waals surface area contributed by atoms with Crippen molar-refractivity contribution in [3.8, 4) is 0 Å². The summed E-state index contributed by atoms with van der Waals surface area (Å²) in [6.45, 7) is 1.46. The van der Waals surface area contributed by atoms with Crippen LogP contribution in [0.2, 0.25) is 0 Å². The highest BCUT2D eigenvalue weighted by Crippen LogP contribution is 2.26. The van der Waals surface area contributed by atoms with E-state index >= 15 is 0 Å². The number of benzene rings is 4. The molecule has 45 heavy (non-hydrogen) atoms.